The molecule has 0 aliphatic carbocycles. The highest BCUT2D eigenvalue weighted by Crippen LogP contribution is 2.33. The average molecular weight is 421 g/mol. The Morgan fingerprint density at radius 2 is 2.00 bits per heavy atom. The first-order chi connectivity index (χ1) is 11.4. The van der Waals surface area contributed by atoms with E-state index in [2.05, 4.69) is 31.1 Å². The highest BCUT2D eigenvalue weighted by Gasteiger charge is 2.38. The predicted octanol–water partition coefficient (Wildman–Crippen LogP) is 3.92. The van der Waals surface area contributed by atoms with Crippen LogP contribution < -0.4 is 0 Å². The minimum absolute atomic E-state index is 0.0816. The number of thioether (sulfide) groups is 1. The molecule has 128 valence electrons. The Balaban J connectivity index is 2.18. The average Bonchev–Trinajstić information content (AvgIpc) is 2.97. The SMILES string of the molecule is OCCCCSc1nc2ccc(Br)cc2n2c(C(F)(F)F)nnc12. The lowest BCUT2D eigenvalue weighted by molar-refractivity contribution is -0.145. The Kier molecular flexibility index (Phi) is 4.97. The molecule has 0 radical (unpaired) electrons. The van der Waals surface area contributed by atoms with Crippen LogP contribution in [0.5, 0.6) is 0 Å². The van der Waals surface area contributed by atoms with Crippen LogP contribution >= 0.6 is 27.7 Å². The fourth-order valence-corrected chi connectivity index (χ4v) is 3.56. The van der Waals surface area contributed by atoms with Crippen molar-refractivity contribution in [2.75, 3.05) is 12.4 Å². The third kappa shape index (κ3) is 3.35. The largest absolute Gasteiger partial charge is 0.452 e. The van der Waals surface area contributed by atoms with Crippen molar-refractivity contribution in [3.63, 3.8) is 0 Å². The summed E-state index contributed by atoms with van der Waals surface area (Å²) in [6, 6.07) is 4.93. The number of alkyl halides is 3. The van der Waals surface area contributed by atoms with E-state index in [0.29, 0.717) is 27.2 Å². The summed E-state index contributed by atoms with van der Waals surface area (Å²) in [5.41, 5.74) is 0.805. The Hall–Kier alpha value is -1.39. The smallest absolute Gasteiger partial charge is 0.396 e. The van der Waals surface area contributed by atoms with Gasteiger partial charge in [0.25, 0.3) is 0 Å². The Morgan fingerprint density at radius 3 is 2.71 bits per heavy atom. The fraction of sp³-hybridized carbons (Fsp3) is 0.357. The van der Waals surface area contributed by atoms with Gasteiger partial charge < -0.3 is 5.11 Å². The molecule has 0 unspecified atom stereocenters. The summed E-state index contributed by atoms with van der Waals surface area (Å²) in [4.78, 5) is 4.43. The maximum Gasteiger partial charge on any atom is 0.452 e. The zero-order chi connectivity index (χ0) is 17.3. The molecule has 2 heterocycles. The summed E-state index contributed by atoms with van der Waals surface area (Å²) in [5.74, 6) is -0.445. The van der Waals surface area contributed by atoms with Crippen LogP contribution in [0.15, 0.2) is 27.7 Å². The van der Waals surface area contributed by atoms with Gasteiger partial charge in [-0.25, -0.2) is 4.98 Å². The standard InChI is InChI=1S/C14H12BrF3N4OS/c15-8-3-4-9-10(7-8)22-11(20-21-13(22)14(16,17)18)12(19-9)24-6-2-1-5-23/h3-4,7,23H,1-2,5-6H2. The van der Waals surface area contributed by atoms with Crippen molar-refractivity contribution >= 4 is 44.4 Å². The number of aliphatic hydroxyl groups is 1. The van der Waals surface area contributed by atoms with Crippen LogP contribution in [0.1, 0.15) is 18.7 Å². The topological polar surface area (TPSA) is 63.3 Å². The number of aliphatic hydroxyl groups excluding tert-OH is 1. The molecule has 0 spiro atoms. The molecule has 0 saturated heterocycles. The van der Waals surface area contributed by atoms with Crippen molar-refractivity contribution < 1.29 is 18.3 Å². The first-order valence-corrected chi connectivity index (χ1v) is 8.85. The number of rotatable bonds is 5. The van der Waals surface area contributed by atoms with Gasteiger partial charge in [0.2, 0.25) is 5.82 Å². The quantitative estimate of drug-likeness (QED) is 0.500. The number of nitrogens with zero attached hydrogens (tertiary/aromatic N) is 4. The van der Waals surface area contributed by atoms with E-state index in [9.17, 15) is 13.2 Å². The van der Waals surface area contributed by atoms with Crippen LogP contribution in [0, 0.1) is 0 Å². The number of hydrogen-bond acceptors (Lipinski definition) is 5. The highest BCUT2D eigenvalue weighted by atomic mass is 79.9. The molecule has 1 aromatic carbocycles. The number of benzene rings is 1. The molecular weight excluding hydrogens is 409 g/mol. The second kappa shape index (κ2) is 6.85. The maximum absolute atomic E-state index is 13.3. The lowest BCUT2D eigenvalue weighted by Crippen LogP contribution is -2.11. The minimum Gasteiger partial charge on any atom is -0.396 e. The Morgan fingerprint density at radius 1 is 1.21 bits per heavy atom. The third-order valence-electron chi connectivity index (χ3n) is 3.30. The predicted molar refractivity (Wildman–Crippen MR) is 88.0 cm³/mol. The van der Waals surface area contributed by atoms with E-state index in [4.69, 9.17) is 5.11 Å². The van der Waals surface area contributed by atoms with Gasteiger partial charge in [-0.1, -0.05) is 15.9 Å². The number of hydrogen-bond donors (Lipinski definition) is 1. The van der Waals surface area contributed by atoms with Crippen LogP contribution in [0.25, 0.3) is 16.7 Å². The molecule has 3 rings (SSSR count). The first-order valence-electron chi connectivity index (χ1n) is 7.07. The molecule has 10 heteroatoms. The van der Waals surface area contributed by atoms with Gasteiger partial charge in [-0.3, -0.25) is 4.40 Å². The molecule has 0 saturated carbocycles. The van der Waals surface area contributed by atoms with E-state index in [0.717, 1.165) is 10.8 Å². The second-order valence-corrected chi connectivity index (χ2v) is 7.01. The molecule has 0 bridgehead atoms. The number of aromatic nitrogens is 4. The van der Waals surface area contributed by atoms with Crippen LogP contribution in [0.2, 0.25) is 0 Å². The molecule has 24 heavy (non-hydrogen) atoms. The third-order valence-corrected chi connectivity index (χ3v) is 4.83. The summed E-state index contributed by atoms with van der Waals surface area (Å²) >= 11 is 4.58. The number of fused-ring (bicyclic) bond motifs is 3. The molecule has 0 amide bonds. The summed E-state index contributed by atoms with van der Waals surface area (Å²) in [6.45, 7) is 0.0816. The summed E-state index contributed by atoms with van der Waals surface area (Å²) in [5, 5.41) is 16.2. The van der Waals surface area contributed by atoms with Gasteiger partial charge in [0.05, 0.1) is 11.0 Å². The van der Waals surface area contributed by atoms with Crippen molar-refractivity contribution in [2.24, 2.45) is 0 Å². The van der Waals surface area contributed by atoms with Crippen molar-refractivity contribution in [1.29, 1.82) is 0 Å². The van der Waals surface area contributed by atoms with Gasteiger partial charge in [-0.05, 0) is 36.8 Å². The number of halogens is 4. The van der Waals surface area contributed by atoms with Crippen molar-refractivity contribution in [3.8, 4) is 0 Å². The van der Waals surface area contributed by atoms with Crippen molar-refractivity contribution in [3.05, 3.63) is 28.5 Å². The molecule has 3 aromatic rings. The summed E-state index contributed by atoms with van der Waals surface area (Å²) in [6.07, 6.45) is -3.26. The van der Waals surface area contributed by atoms with Crippen molar-refractivity contribution in [2.45, 2.75) is 24.0 Å². The molecule has 0 atom stereocenters. The van der Waals surface area contributed by atoms with Gasteiger partial charge in [-0.15, -0.1) is 22.0 Å². The van der Waals surface area contributed by atoms with E-state index in [-0.39, 0.29) is 17.8 Å². The molecular formula is C14H12BrF3N4OS. The van der Waals surface area contributed by atoms with Crippen LogP contribution in [0.3, 0.4) is 0 Å². The van der Waals surface area contributed by atoms with Crippen LogP contribution in [0.4, 0.5) is 13.2 Å². The summed E-state index contributed by atoms with van der Waals surface area (Å²) < 4.78 is 41.5. The monoisotopic (exact) mass is 420 g/mol. The lowest BCUT2D eigenvalue weighted by atomic mass is 10.3. The van der Waals surface area contributed by atoms with Gasteiger partial charge in [0.15, 0.2) is 5.65 Å². The van der Waals surface area contributed by atoms with Crippen molar-refractivity contribution in [1.82, 2.24) is 19.6 Å². The maximum atomic E-state index is 13.3. The molecule has 5 nitrogen and oxygen atoms in total. The highest BCUT2D eigenvalue weighted by molar-refractivity contribution is 9.10. The van der Waals surface area contributed by atoms with E-state index < -0.39 is 12.0 Å². The first kappa shape index (κ1) is 17.4. The normalized spacial score (nSPS) is 12.4. The van der Waals surface area contributed by atoms with Gasteiger partial charge in [0, 0.05) is 11.1 Å². The van der Waals surface area contributed by atoms with Gasteiger partial charge >= 0.3 is 6.18 Å². The zero-order valence-corrected chi connectivity index (χ0v) is 14.6. The van der Waals surface area contributed by atoms with E-state index in [1.54, 1.807) is 18.2 Å². The van der Waals surface area contributed by atoms with Gasteiger partial charge in [0.1, 0.15) is 5.03 Å². The van der Waals surface area contributed by atoms with E-state index >= 15 is 0 Å². The fourth-order valence-electron chi connectivity index (χ4n) is 2.24. The molecule has 0 fully saturated rings. The van der Waals surface area contributed by atoms with Gasteiger partial charge in [-0.2, -0.15) is 13.2 Å². The Labute approximate surface area is 147 Å². The molecule has 0 aliphatic heterocycles. The molecule has 2 aromatic heterocycles. The zero-order valence-electron chi connectivity index (χ0n) is 12.2. The molecule has 0 aliphatic rings. The van der Waals surface area contributed by atoms with E-state index in [1.165, 1.54) is 11.8 Å². The van der Waals surface area contributed by atoms with E-state index in [1.807, 2.05) is 0 Å². The van der Waals surface area contributed by atoms with Crippen LogP contribution in [-0.2, 0) is 6.18 Å². The lowest BCUT2D eigenvalue weighted by Gasteiger charge is -2.10. The van der Waals surface area contributed by atoms with Crippen LogP contribution in [-0.4, -0.2) is 37.0 Å². The second-order valence-electron chi connectivity index (χ2n) is 5.01. The number of unbranched alkanes of at least 4 members (excludes halogenated alkanes) is 1. The summed E-state index contributed by atoms with van der Waals surface area (Å²) in [7, 11) is 0. The Bertz CT molecular complexity index is 884. The minimum atomic E-state index is -4.62. The molecule has 1 N–H and O–H groups in total.